The van der Waals surface area contributed by atoms with E-state index in [0.29, 0.717) is 29.8 Å². The van der Waals surface area contributed by atoms with Gasteiger partial charge in [-0.2, -0.15) is 0 Å². The van der Waals surface area contributed by atoms with E-state index in [1.54, 1.807) is 30.1 Å². The quantitative estimate of drug-likeness (QED) is 0.683. The second-order valence-corrected chi connectivity index (χ2v) is 6.34. The Bertz CT molecular complexity index is 1020. The van der Waals surface area contributed by atoms with Crippen LogP contribution in [0, 0.1) is 0 Å². The fraction of sp³-hybridized carbons (Fsp3) is 0.222. The maximum Gasteiger partial charge on any atom is 0.419 e. The van der Waals surface area contributed by atoms with Gasteiger partial charge in [0, 0.05) is 25.2 Å². The first-order valence-corrected chi connectivity index (χ1v) is 8.08. The van der Waals surface area contributed by atoms with Crippen molar-refractivity contribution in [2.45, 2.75) is 13.0 Å². The van der Waals surface area contributed by atoms with Gasteiger partial charge in [0.1, 0.15) is 0 Å². The highest BCUT2D eigenvalue weighted by Crippen LogP contribution is 2.28. The molecule has 6 heteroatoms. The fourth-order valence-electron chi connectivity index (χ4n) is 3.23. The molecule has 3 aromatic rings. The predicted molar refractivity (Wildman–Crippen MR) is 91.4 cm³/mol. The van der Waals surface area contributed by atoms with E-state index in [9.17, 15) is 9.59 Å². The summed E-state index contributed by atoms with van der Waals surface area (Å²) in [6.45, 7) is 1.09. The molecule has 0 unspecified atom stereocenters. The number of rotatable bonds is 1. The number of halogens is 1. The highest BCUT2D eigenvalue weighted by Gasteiger charge is 2.25. The maximum absolute atomic E-state index is 13.0. The molecule has 122 valence electrons. The fourth-order valence-corrected chi connectivity index (χ4v) is 3.51. The van der Waals surface area contributed by atoms with Crippen LogP contribution in [-0.4, -0.2) is 21.9 Å². The minimum absolute atomic E-state index is 0.138. The van der Waals surface area contributed by atoms with E-state index in [2.05, 4.69) is 0 Å². The summed E-state index contributed by atoms with van der Waals surface area (Å²) in [5.74, 6) is -0.610. The third-order valence-electron chi connectivity index (χ3n) is 4.55. The molecule has 24 heavy (non-hydrogen) atoms. The van der Waals surface area contributed by atoms with E-state index < -0.39 is 5.76 Å². The molecule has 5 nitrogen and oxygen atoms in total. The van der Waals surface area contributed by atoms with Crippen LogP contribution in [0.25, 0.3) is 11.1 Å². The molecule has 1 aliphatic rings. The molecule has 0 saturated carbocycles. The Labute approximate surface area is 143 Å². The summed E-state index contributed by atoms with van der Waals surface area (Å²) in [7, 11) is 1.63. The third kappa shape index (κ3) is 2.24. The third-order valence-corrected chi connectivity index (χ3v) is 4.90. The maximum atomic E-state index is 13.0. The van der Waals surface area contributed by atoms with Crippen LogP contribution < -0.4 is 5.76 Å². The van der Waals surface area contributed by atoms with Gasteiger partial charge in [-0.15, -0.1) is 0 Å². The van der Waals surface area contributed by atoms with Crippen LogP contribution in [0.15, 0.2) is 45.6 Å². The van der Waals surface area contributed by atoms with Gasteiger partial charge in [0.15, 0.2) is 5.58 Å². The van der Waals surface area contributed by atoms with E-state index in [-0.39, 0.29) is 5.91 Å². The number of aromatic nitrogens is 1. The summed E-state index contributed by atoms with van der Waals surface area (Å²) >= 11 is 6.23. The van der Waals surface area contributed by atoms with Crippen LogP contribution in [0.3, 0.4) is 0 Å². The molecule has 0 fully saturated rings. The number of benzene rings is 2. The van der Waals surface area contributed by atoms with Crippen molar-refractivity contribution >= 4 is 28.6 Å². The lowest BCUT2D eigenvalue weighted by molar-refractivity contribution is 0.0735. The smallest absolute Gasteiger partial charge is 0.407 e. The number of carbonyl (C=O) groups excluding carboxylic acids is 1. The zero-order chi connectivity index (χ0) is 16.8. The number of amides is 1. The van der Waals surface area contributed by atoms with Crippen LogP contribution in [0.4, 0.5) is 0 Å². The summed E-state index contributed by atoms with van der Waals surface area (Å²) in [5, 5.41) is 0.746. The lowest BCUT2D eigenvalue weighted by Gasteiger charge is -2.29. The minimum Gasteiger partial charge on any atom is -0.407 e. The Balaban J connectivity index is 1.73. The molecular weight excluding hydrogens is 328 g/mol. The summed E-state index contributed by atoms with van der Waals surface area (Å²) in [4.78, 5) is 26.5. The van der Waals surface area contributed by atoms with Crippen molar-refractivity contribution in [2.24, 2.45) is 7.05 Å². The molecule has 4 rings (SSSR count). The van der Waals surface area contributed by atoms with Crippen molar-refractivity contribution in [2.75, 3.05) is 6.54 Å². The van der Waals surface area contributed by atoms with Crippen molar-refractivity contribution in [3.63, 3.8) is 0 Å². The lowest BCUT2D eigenvalue weighted by atomic mass is 9.99. The first kappa shape index (κ1) is 15.0. The number of fused-ring (bicyclic) bond motifs is 2. The largest absolute Gasteiger partial charge is 0.419 e. The summed E-state index contributed by atoms with van der Waals surface area (Å²) < 4.78 is 6.67. The van der Waals surface area contributed by atoms with E-state index in [4.69, 9.17) is 16.0 Å². The highest BCUT2D eigenvalue weighted by atomic mass is 35.5. The zero-order valence-corrected chi connectivity index (χ0v) is 13.8. The average Bonchev–Trinajstić information content (AvgIpc) is 2.89. The summed E-state index contributed by atoms with van der Waals surface area (Å²) in [5.41, 5.74) is 3.53. The molecule has 0 N–H and O–H groups in total. The molecule has 1 aromatic heterocycles. The van der Waals surface area contributed by atoms with Crippen LogP contribution >= 0.6 is 11.6 Å². The Morgan fingerprint density at radius 3 is 2.83 bits per heavy atom. The molecule has 0 bridgehead atoms. The first-order chi connectivity index (χ1) is 11.6. The van der Waals surface area contributed by atoms with Gasteiger partial charge in [0.05, 0.1) is 11.1 Å². The minimum atomic E-state index is -0.471. The SMILES string of the molecule is Cn1c(=O)oc2c(C(=O)N3CCc4c(Cl)cccc4C3)cccc21. The van der Waals surface area contributed by atoms with Gasteiger partial charge in [-0.05, 0) is 35.7 Å². The summed E-state index contributed by atoms with van der Waals surface area (Å²) in [6, 6.07) is 11.0. The number of oxazole rings is 1. The molecule has 0 aliphatic carbocycles. The van der Waals surface area contributed by atoms with Gasteiger partial charge in [-0.3, -0.25) is 9.36 Å². The van der Waals surface area contributed by atoms with Gasteiger partial charge in [-0.25, -0.2) is 4.79 Å². The first-order valence-electron chi connectivity index (χ1n) is 7.70. The normalized spacial score (nSPS) is 14.0. The lowest BCUT2D eigenvalue weighted by Crippen LogP contribution is -2.36. The molecule has 1 aliphatic heterocycles. The molecular formula is C18H15ClN2O3. The molecule has 0 spiro atoms. The topological polar surface area (TPSA) is 55.5 Å². The Morgan fingerprint density at radius 2 is 2.00 bits per heavy atom. The number of hydrogen-bond acceptors (Lipinski definition) is 3. The van der Waals surface area contributed by atoms with Gasteiger partial charge < -0.3 is 9.32 Å². The van der Waals surface area contributed by atoms with Crippen LogP contribution in [0.5, 0.6) is 0 Å². The van der Waals surface area contributed by atoms with Crippen LogP contribution in [-0.2, 0) is 20.0 Å². The zero-order valence-electron chi connectivity index (χ0n) is 13.1. The van der Waals surface area contributed by atoms with Gasteiger partial charge in [-0.1, -0.05) is 29.8 Å². The number of hydrogen-bond donors (Lipinski definition) is 0. The number of carbonyl (C=O) groups is 1. The van der Waals surface area contributed by atoms with Crippen LogP contribution in [0.2, 0.25) is 5.02 Å². The molecule has 0 radical (unpaired) electrons. The van der Waals surface area contributed by atoms with Crippen molar-refractivity contribution in [1.82, 2.24) is 9.47 Å². The Kier molecular flexibility index (Phi) is 3.46. The monoisotopic (exact) mass is 342 g/mol. The number of para-hydroxylation sites is 1. The molecule has 2 aromatic carbocycles. The molecule has 1 amide bonds. The highest BCUT2D eigenvalue weighted by molar-refractivity contribution is 6.31. The van der Waals surface area contributed by atoms with E-state index in [1.807, 2.05) is 18.2 Å². The number of aryl methyl sites for hydroxylation is 1. The van der Waals surface area contributed by atoms with Crippen LogP contribution in [0.1, 0.15) is 21.5 Å². The van der Waals surface area contributed by atoms with Gasteiger partial charge >= 0.3 is 5.76 Å². The van der Waals surface area contributed by atoms with E-state index in [0.717, 1.165) is 22.6 Å². The van der Waals surface area contributed by atoms with E-state index in [1.165, 1.54) is 4.57 Å². The Morgan fingerprint density at radius 1 is 1.21 bits per heavy atom. The van der Waals surface area contributed by atoms with Crippen molar-refractivity contribution in [3.05, 3.63) is 68.7 Å². The predicted octanol–water partition coefficient (Wildman–Crippen LogP) is 2.98. The van der Waals surface area contributed by atoms with E-state index >= 15 is 0 Å². The van der Waals surface area contributed by atoms with Crippen molar-refractivity contribution in [3.8, 4) is 0 Å². The molecule has 0 saturated heterocycles. The van der Waals surface area contributed by atoms with Gasteiger partial charge in [0.25, 0.3) is 5.91 Å². The molecule has 2 heterocycles. The summed E-state index contributed by atoms with van der Waals surface area (Å²) in [6.07, 6.45) is 0.718. The van der Waals surface area contributed by atoms with Crippen molar-refractivity contribution < 1.29 is 9.21 Å². The van der Waals surface area contributed by atoms with Gasteiger partial charge in [0.2, 0.25) is 0 Å². The van der Waals surface area contributed by atoms with Crippen molar-refractivity contribution in [1.29, 1.82) is 0 Å². The second kappa shape index (κ2) is 5.53. The second-order valence-electron chi connectivity index (χ2n) is 5.94. The molecule has 0 atom stereocenters. The average molecular weight is 343 g/mol. The Hall–Kier alpha value is -2.53. The standard InChI is InChI=1S/C18H15ClN2O3/c1-20-15-7-3-5-13(16(15)24-18(20)23)17(22)21-9-8-12-11(10-21)4-2-6-14(12)19/h2-7H,8-10H2,1H3. The number of nitrogens with zero attached hydrogens (tertiary/aromatic N) is 2.